The molecule has 5 heteroatoms. The fourth-order valence-electron chi connectivity index (χ4n) is 2.64. The molecule has 2 fully saturated rings. The second-order valence-electron chi connectivity index (χ2n) is 4.69. The van der Waals surface area contributed by atoms with E-state index in [9.17, 15) is 4.79 Å². The van der Waals surface area contributed by atoms with Crippen molar-refractivity contribution in [2.75, 3.05) is 32.9 Å². The largest absolute Gasteiger partial charge is 0.376 e. The molecule has 0 radical (unpaired) electrons. The van der Waals surface area contributed by atoms with Crippen LogP contribution in [0.2, 0.25) is 0 Å². The smallest absolute Gasteiger partial charge is 0.254 e. The standard InChI is InChI=1S/C12H22N2O3/c13-5-6-14(10-3-1-2-4-10)12(15)11-9-16-7-8-17-11/h10-11H,1-9,13H2. The molecule has 1 aliphatic carbocycles. The summed E-state index contributed by atoms with van der Waals surface area (Å²) >= 11 is 0. The summed E-state index contributed by atoms with van der Waals surface area (Å²) in [7, 11) is 0. The van der Waals surface area contributed by atoms with E-state index in [0.29, 0.717) is 39.0 Å². The molecule has 2 rings (SSSR count). The monoisotopic (exact) mass is 242 g/mol. The average Bonchev–Trinajstić information content (AvgIpc) is 2.90. The van der Waals surface area contributed by atoms with Gasteiger partial charge < -0.3 is 20.1 Å². The van der Waals surface area contributed by atoms with Crippen LogP contribution >= 0.6 is 0 Å². The Morgan fingerprint density at radius 2 is 2.06 bits per heavy atom. The predicted octanol–water partition coefficient (Wildman–Crippen LogP) is 0.132. The average molecular weight is 242 g/mol. The number of nitrogens with zero attached hydrogens (tertiary/aromatic N) is 1. The van der Waals surface area contributed by atoms with Gasteiger partial charge in [0.2, 0.25) is 0 Å². The van der Waals surface area contributed by atoms with Crippen LogP contribution in [-0.4, -0.2) is 55.9 Å². The lowest BCUT2D eigenvalue weighted by molar-refractivity contribution is -0.160. The maximum absolute atomic E-state index is 12.3. The molecule has 0 spiro atoms. The number of carbonyl (C=O) groups excluding carboxylic acids is 1. The van der Waals surface area contributed by atoms with Crippen LogP contribution in [0.3, 0.4) is 0 Å². The lowest BCUT2D eigenvalue weighted by atomic mass is 10.1. The van der Waals surface area contributed by atoms with Crippen LogP contribution in [0, 0.1) is 0 Å². The first-order valence-corrected chi connectivity index (χ1v) is 6.53. The van der Waals surface area contributed by atoms with Gasteiger partial charge in [-0.15, -0.1) is 0 Å². The van der Waals surface area contributed by atoms with Crippen molar-refractivity contribution in [1.82, 2.24) is 4.90 Å². The second kappa shape index (κ2) is 6.33. The van der Waals surface area contributed by atoms with E-state index in [2.05, 4.69) is 0 Å². The molecule has 2 aliphatic rings. The summed E-state index contributed by atoms with van der Waals surface area (Å²) in [5, 5.41) is 0. The van der Waals surface area contributed by atoms with Gasteiger partial charge in [-0.25, -0.2) is 0 Å². The lowest BCUT2D eigenvalue weighted by Crippen LogP contribution is -2.50. The molecule has 1 saturated heterocycles. The zero-order valence-electron chi connectivity index (χ0n) is 10.3. The summed E-state index contributed by atoms with van der Waals surface area (Å²) < 4.78 is 10.8. The Morgan fingerprint density at radius 1 is 1.29 bits per heavy atom. The van der Waals surface area contributed by atoms with E-state index in [0.717, 1.165) is 12.8 Å². The normalized spacial score (nSPS) is 26.1. The molecule has 98 valence electrons. The molecule has 1 amide bonds. The predicted molar refractivity (Wildman–Crippen MR) is 63.6 cm³/mol. The number of hydrogen-bond donors (Lipinski definition) is 1. The summed E-state index contributed by atoms with van der Waals surface area (Å²) in [4.78, 5) is 14.2. The highest BCUT2D eigenvalue weighted by atomic mass is 16.6. The number of nitrogens with two attached hydrogens (primary N) is 1. The quantitative estimate of drug-likeness (QED) is 0.761. The van der Waals surface area contributed by atoms with Gasteiger partial charge >= 0.3 is 0 Å². The Kier molecular flexibility index (Phi) is 4.76. The van der Waals surface area contributed by atoms with Crippen LogP contribution in [0.5, 0.6) is 0 Å². The molecule has 1 aliphatic heterocycles. The first-order valence-electron chi connectivity index (χ1n) is 6.53. The van der Waals surface area contributed by atoms with Gasteiger partial charge in [-0.2, -0.15) is 0 Å². The molecular formula is C12H22N2O3. The van der Waals surface area contributed by atoms with E-state index in [1.165, 1.54) is 12.8 Å². The Morgan fingerprint density at radius 3 is 2.65 bits per heavy atom. The van der Waals surface area contributed by atoms with Gasteiger partial charge in [0.05, 0.1) is 19.8 Å². The van der Waals surface area contributed by atoms with E-state index in [1.54, 1.807) is 0 Å². The SMILES string of the molecule is NCCN(C(=O)C1COCCO1)C1CCCC1. The molecule has 1 heterocycles. The zero-order valence-corrected chi connectivity index (χ0v) is 10.3. The van der Waals surface area contributed by atoms with Crippen molar-refractivity contribution >= 4 is 5.91 Å². The molecule has 1 unspecified atom stereocenters. The van der Waals surface area contributed by atoms with E-state index < -0.39 is 6.10 Å². The third-order valence-electron chi connectivity index (χ3n) is 3.51. The minimum Gasteiger partial charge on any atom is -0.376 e. The fourth-order valence-corrected chi connectivity index (χ4v) is 2.64. The molecule has 5 nitrogen and oxygen atoms in total. The molecular weight excluding hydrogens is 220 g/mol. The highest BCUT2D eigenvalue weighted by molar-refractivity contribution is 5.81. The van der Waals surface area contributed by atoms with Gasteiger partial charge in [0.1, 0.15) is 0 Å². The van der Waals surface area contributed by atoms with E-state index in [-0.39, 0.29) is 5.91 Å². The van der Waals surface area contributed by atoms with E-state index in [1.807, 2.05) is 4.90 Å². The van der Waals surface area contributed by atoms with Crippen LogP contribution in [0.25, 0.3) is 0 Å². The van der Waals surface area contributed by atoms with E-state index in [4.69, 9.17) is 15.2 Å². The Bertz CT molecular complexity index is 248. The van der Waals surface area contributed by atoms with Crippen molar-refractivity contribution in [1.29, 1.82) is 0 Å². The number of rotatable bonds is 4. The minimum absolute atomic E-state index is 0.0575. The van der Waals surface area contributed by atoms with E-state index >= 15 is 0 Å². The Labute approximate surface area is 102 Å². The fraction of sp³-hybridized carbons (Fsp3) is 0.917. The lowest BCUT2D eigenvalue weighted by Gasteiger charge is -2.33. The molecule has 0 aromatic heterocycles. The summed E-state index contributed by atoms with van der Waals surface area (Å²) in [6.45, 7) is 2.62. The van der Waals surface area contributed by atoms with Crippen molar-refractivity contribution in [2.24, 2.45) is 5.73 Å². The summed E-state index contributed by atoms with van der Waals surface area (Å²) in [5.74, 6) is 0.0575. The van der Waals surface area contributed by atoms with Crippen LogP contribution in [-0.2, 0) is 14.3 Å². The molecule has 0 bridgehead atoms. The van der Waals surface area contributed by atoms with Crippen molar-refractivity contribution in [3.8, 4) is 0 Å². The molecule has 1 saturated carbocycles. The molecule has 2 N–H and O–H groups in total. The maximum Gasteiger partial charge on any atom is 0.254 e. The number of amides is 1. The second-order valence-corrected chi connectivity index (χ2v) is 4.69. The Hall–Kier alpha value is -0.650. The number of ether oxygens (including phenoxy) is 2. The first-order chi connectivity index (χ1) is 8.33. The van der Waals surface area contributed by atoms with Crippen LogP contribution in [0.15, 0.2) is 0 Å². The van der Waals surface area contributed by atoms with Crippen LogP contribution < -0.4 is 5.73 Å². The third kappa shape index (κ3) is 3.18. The number of hydrogen-bond acceptors (Lipinski definition) is 4. The van der Waals surface area contributed by atoms with Crippen molar-refractivity contribution in [2.45, 2.75) is 37.8 Å². The van der Waals surface area contributed by atoms with Crippen LogP contribution in [0.4, 0.5) is 0 Å². The number of carbonyl (C=O) groups is 1. The van der Waals surface area contributed by atoms with Gasteiger partial charge in [-0.1, -0.05) is 12.8 Å². The van der Waals surface area contributed by atoms with Crippen LogP contribution in [0.1, 0.15) is 25.7 Å². The van der Waals surface area contributed by atoms with Gasteiger partial charge in [-0.3, -0.25) is 4.79 Å². The van der Waals surface area contributed by atoms with Crippen molar-refractivity contribution in [3.05, 3.63) is 0 Å². The van der Waals surface area contributed by atoms with Crippen molar-refractivity contribution < 1.29 is 14.3 Å². The third-order valence-corrected chi connectivity index (χ3v) is 3.51. The molecule has 1 atom stereocenters. The van der Waals surface area contributed by atoms with Crippen molar-refractivity contribution in [3.63, 3.8) is 0 Å². The topological polar surface area (TPSA) is 64.8 Å². The summed E-state index contributed by atoms with van der Waals surface area (Å²) in [6.07, 6.45) is 4.19. The first kappa shape index (κ1) is 12.8. The molecule has 0 aromatic carbocycles. The Balaban J connectivity index is 1.95. The molecule has 17 heavy (non-hydrogen) atoms. The van der Waals surface area contributed by atoms with Gasteiger partial charge in [0.15, 0.2) is 6.10 Å². The summed E-state index contributed by atoms with van der Waals surface area (Å²) in [6, 6.07) is 0.358. The highest BCUT2D eigenvalue weighted by Crippen LogP contribution is 2.24. The maximum atomic E-state index is 12.3. The molecule has 0 aromatic rings. The van der Waals surface area contributed by atoms with Gasteiger partial charge in [0, 0.05) is 19.1 Å². The highest BCUT2D eigenvalue weighted by Gasteiger charge is 2.32. The van der Waals surface area contributed by atoms with Gasteiger partial charge in [-0.05, 0) is 12.8 Å². The van der Waals surface area contributed by atoms with Gasteiger partial charge in [0.25, 0.3) is 5.91 Å². The minimum atomic E-state index is -0.420. The summed E-state index contributed by atoms with van der Waals surface area (Å²) in [5.41, 5.74) is 5.60. The zero-order chi connectivity index (χ0) is 12.1.